The Hall–Kier alpha value is -1.91. The van der Waals surface area contributed by atoms with Gasteiger partial charge in [-0.3, -0.25) is 0 Å². The van der Waals surface area contributed by atoms with Crippen LogP contribution in [0.2, 0.25) is 0 Å². The van der Waals surface area contributed by atoms with Gasteiger partial charge in [0.25, 0.3) is 0 Å². The summed E-state index contributed by atoms with van der Waals surface area (Å²) in [7, 11) is 0. The Bertz CT molecular complexity index is 629. The van der Waals surface area contributed by atoms with E-state index in [1.165, 1.54) is 31.5 Å². The van der Waals surface area contributed by atoms with Crippen molar-refractivity contribution in [2.45, 2.75) is 45.1 Å². The molecule has 4 rings (SSSR count). The van der Waals surface area contributed by atoms with Crippen molar-refractivity contribution < 1.29 is 0 Å². The second-order valence-electron chi connectivity index (χ2n) is 6.70. The van der Waals surface area contributed by atoms with Gasteiger partial charge in [0.1, 0.15) is 5.82 Å². The molecule has 0 bridgehead atoms. The van der Waals surface area contributed by atoms with Crippen molar-refractivity contribution in [1.29, 1.82) is 0 Å². The molecule has 0 N–H and O–H groups in total. The van der Waals surface area contributed by atoms with E-state index in [2.05, 4.69) is 36.9 Å². The van der Waals surface area contributed by atoms with Crippen LogP contribution in [0.1, 0.15) is 43.1 Å². The Kier molecular flexibility index (Phi) is 3.56. The lowest BCUT2D eigenvalue weighted by molar-refractivity contribution is 0.461. The van der Waals surface area contributed by atoms with E-state index >= 15 is 0 Å². The zero-order valence-corrected chi connectivity index (χ0v) is 13.1. The first-order chi connectivity index (χ1) is 10.8. The van der Waals surface area contributed by atoms with Crippen LogP contribution in [-0.2, 0) is 6.54 Å². The molecule has 5 nitrogen and oxygen atoms in total. The summed E-state index contributed by atoms with van der Waals surface area (Å²) in [4.78, 5) is 7.02. The van der Waals surface area contributed by atoms with Gasteiger partial charge in [-0.15, -0.1) is 5.10 Å². The topological polar surface area (TPSA) is 46.8 Å². The minimum Gasteiger partial charge on any atom is -0.354 e. The second kappa shape index (κ2) is 5.71. The van der Waals surface area contributed by atoms with Crippen LogP contribution >= 0.6 is 0 Å². The fraction of sp³-hybridized carbons (Fsp3) is 0.588. The molecule has 1 unspecified atom stereocenters. The number of piperidine rings is 1. The summed E-state index contributed by atoms with van der Waals surface area (Å²) in [6, 6.07) is 4.13. The van der Waals surface area contributed by atoms with Crippen LogP contribution in [0.5, 0.6) is 0 Å². The van der Waals surface area contributed by atoms with Crippen LogP contribution in [0.15, 0.2) is 24.5 Å². The van der Waals surface area contributed by atoms with Gasteiger partial charge in [-0.25, -0.2) is 4.98 Å². The van der Waals surface area contributed by atoms with Crippen LogP contribution in [0.3, 0.4) is 0 Å². The van der Waals surface area contributed by atoms with Gasteiger partial charge in [-0.05, 0) is 50.7 Å². The maximum absolute atomic E-state index is 4.66. The van der Waals surface area contributed by atoms with Crippen LogP contribution in [0.4, 0.5) is 5.82 Å². The lowest BCUT2D eigenvalue weighted by Crippen LogP contribution is -2.36. The third-order valence-electron chi connectivity index (χ3n) is 4.79. The zero-order valence-electron chi connectivity index (χ0n) is 13.1. The molecule has 3 heterocycles. The molecule has 1 saturated carbocycles. The summed E-state index contributed by atoms with van der Waals surface area (Å²) in [5.74, 6) is 3.65. The van der Waals surface area contributed by atoms with Crippen LogP contribution in [-0.4, -0.2) is 32.8 Å². The van der Waals surface area contributed by atoms with Gasteiger partial charge in [0.15, 0.2) is 5.82 Å². The summed E-state index contributed by atoms with van der Waals surface area (Å²) < 4.78 is 2.38. The van der Waals surface area contributed by atoms with Gasteiger partial charge in [0, 0.05) is 37.9 Å². The normalized spacial score (nSPS) is 22.0. The van der Waals surface area contributed by atoms with E-state index in [-0.39, 0.29) is 0 Å². The summed E-state index contributed by atoms with van der Waals surface area (Å²) in [6.45, 7) is 5.19. The fourth-order valence-electron chi connectivity index (χ4n) is 3.37. The number of anilines is 1. The maximum Gasteiger partial charge on any atom is 0.151 e. The highest BCUT2D eigenvalue weighted by molar-refractivity contribution is 5.38. The molecule has 0 aromatic carbocycles. The van der Waals surface area contributed by atoms with Crippen molar-refractivity contribution in [3.8, 4) is 0 Å². The van der Waals surface area contributed by atoms with Gasteiger partial charge in [0.2, 0.25) is 0 Å². The van der Waals surface area contributed by atoms with Crippen molar-refractivity contribution in [3.63, 3.8) is 0 Å². The van der Waals surface area contributed by atoms with E-state index in [0.29, 0.717) is 5.92 Å². The number of hydrogen-bond donors (Lipinski definition) is 0. The number of imidazole rings is 1. The Morgan fingerprint density at radius 2 is 2.09 bits per heavy atom. The molecule has 2 aliphatic rings. The summed E-state index contributed by atoms with van der Waals surface area (Å²) in [5, 5.41) is 8.54. The number of hydrogen-bond acceptors (Lipinski definition) is 4. The molecule has 0 spiro atoms. The van der Waals surface area contributed by atoms with Gasteiger partial charge in [-0.1, -0.05) is 0 Å². The molecule has 0 radical (unpaired) electrons. The van der Waals surface area contributed by atoms with Gasteiger partial charge in [-0.2, -0.15) is 5.10 Å². The molecule has 1 aliphatic heterocycles. The third-order valence-corrected chi connectivity index (χ3v) is 4.79. The average molecular weight is 297 g/mol. The fourth-order valence-corrected chi connectivity index (χ4v) is 3.37. The summed E-state index contributed by atoms with van der Waals surface area (Å²) in [5.41, 5.74) is 0.970. The molecule has 116 valence electrons. The first-order valence-corrected chi connectivity index (χ1v) is 8.36. The van der Waals surface area contributed by atoms with Crippen molar-refractivity contribution >= 4 is 5.82 Å². The number of rotatable bonds is 4. The van der Waals surface area contributed by atoms with Gasteiger partial charge in [0.05, 0.1) is 5.69 Å². The van der Waals surface area contributed by atoms with Gasteiger partial charge < -0.3 is 9.47 Å². The van der Waals surface area contributed by atoms with Crippen LogP contribution < -0.4 is 4.90 Å². The predicted molar refractivity (Wildman–Crippen MR) is 85.9 cm³/mol. The molecule has 22 heavy (non-hydrogen) atoms. The van der Waals surface area contributed by atoms with Crippen LogP contribution in [0, 0.1) is 12.8 Å². The summed E-state index contributed by atoms with van der Waals surface area (Å²) in [6.07, 6.45) is 9.29. The molecule has 2 aromatic rings. The number of aryl methyl sites for hydroxylation is 1. The molecule has 5 heteroatoms. The monoisotopic (exact) mass is 297 g/mol. The van der Waals surface area contributed by atoms with Crippen molar-refractivity contribution in [3.05, 3.63) is 36.0 Å². The molecule has 2 aromatic heterocycles. The quantitative estimate of drug-likeness (QED) is 0.870. The second-order valence-corrected chi connectivity index (χ2v) is 6.70. The smallest absolute Gasteiger partial charge is 0.151 e. The molecular formula is C17H23N5. The largest absolute Gasteiger partial charge is 0.354 e. The highest BCUT2D eigenvalue weighted by Gasteiger charge is 2.28. The highest BCUT2D eigenvalue weighted by atomic mass is 15.3. The highest BCUT2D eigenvalue weighted by Crippen LogP contribution is 2.33. The van der Waals surface area contributed by atoms with E-state index in [1.54, 1.807) is 0 Å². The minimum atomic E-state index is 0.505. The molecule has 1 aliphatic carbocycles. The molecule has 2 fully saturated rings. The van der Waals surface area contributed by atoms with Crippen LogP contribution in [0.25, 0.3) is 0 Å². The Morgan fingerprint density at radius 1 is 1.18 bits per heavy atom. The Labute approximate surface area is 131 Å². The maximum atomic E-state index is 4.66. The number of nitrogens with zero attached hydrogens (tertiary/aromatic N) is 5. The zero-order chi connectivity index (χ0) is 14.9. The number of aromatic nitrogens is 4. The summed E-state index contributed by atoms with van der Waals surface area (Å²) >= 11 is 0. The van der Waals surface area contributed by atoms with Crippen molar-refractivity contribution in [2.75, 3.05) is 18.0 Å². The SMILES string of the molecule is Cc1ccc(N2CCCC(c3nccn3CC3CC3)C2)nn1. The van der Waals surface area contributed by atoms with Gasteiger partial charge >= 0.3 is 0 Å². The Morgan fingerprint density at radius 3 is 2.86 bits per heavy atom. The van der Waals surface area contributed by atoms with E-state index < -0.39 is 0 Å². The lowest BCUT2D eigenvalue weighted by Gasteiger charge is -2.33. The lowest BCUT2D eigenvalue weighted by atomic mass is 9.97. The standard InChI is InChI=1S/C17H23N5/c1-13-4-7-16(20-19-13)21-9-2-3-15(12-21)17-18-8-10-22(17)11-14-5-6-14/h4,7-8,10,14-15H,2-3,5-6,9,11-12H2,1H3. The molecule has 1 saturated heterocycles. The first-order valence-electron chi connectivity index (χ1n) is 8.36. The minimum absolute atomic E-state index is 0.505. The van der Waals surface area contributed by atoms with Crippen molar-refractivity contribution in [2.24, 2.45) is 5.92 Å². The Balaban J connectivity index is 1.50. The molecular weight excluding hydrogens is 274 g/mol. The van der Waals surface area contributed by atoms with E-state index in [9.17, 15) is 0 Å². The van der Waals surface area contributed by atoms with Crippen molar-refractivity contribution in [1.82, 2.24) is 19.7 Å². The molecule has 0 amide bonds. The van der Waals surface area contributed by atoms with E-state index in [0.717, 1.165) is 37.1 Å². The third kappa shape index (κ3) is 2.85. The predicted octanol–water partition coefficient (Wildman–Crippen LogP) is 2.78. The average Bonchev–Trinajstić information content (AvgIpc) is 3.24. The van der Waals surface area contributed by atoms with E-state index in [4.69, 9.17) is 0 Å². The van der Waals surface area contributed by atoms with E-state index in [1.807, 2.05) is 19.2 Å². The first kappa shape index (κ1) is 13.7. The molecule has 1 atom stereocenters.